The van der Waals surface area contributed by atoms with Gasteiger partial charge in [-0.15, -0.1) is 0 Å². The van der Waals surface area contributed by atoms with Crippen molar-refractivity contribution in [3.05, 3.63) is 23.8 Å². The lowest BCUT2D eigenvalue weighted by Gasteiger charge is -2.25. The smallest absolute Gasteiger partial charge is 0.101 e. The molecule has 0 bridgehead atoms. The lowest BCUT2D eigenvalue weighted by molar-refractivity contribution is 0.638. The molecule has 0 atom stereocenters. The van der Waals surface area contributed by atoms with E-state index in [2.05, 4.69) is 24.8 Å². The van der Waals surface area contributed by atoms with Gasteiger partial charge in [-0.25, -0.2) is 0 Å². The van der Waals surface area contributed by atoms with Crippen molar-refractivity contribution in [3.63, 3.8) is 0 Å². The number of thioether (sulfide) groups is 1. The Morgan fingerprint density at radius 2 is 2.17 bits per heavy atom. The summed E-state index contributed by atoms with van der Waals surface area (Å²) in [6.07, 6.45) is 1.13. The predicted octanol–water partition coefficient (Wildman–Crippen LogP) is 2.86. The first-order valence-electron chi connectivity index (χ1n) is 6.21. The van der Waals surface area contributed by atoms with Gasteiger partial charge < -0.3 is 10.6 Å². The van der Waals surface area contributed by atoms with Gasteiger partial charge in [0.2, 0.25) is 0 Å². The summed E-state index contributed by atoms with van der Waals surface area (Å²) in [6, 6.07) is 7.85. The minimum Gasteiger partial charge on any atom is -0.396 e. The highest BCUT2D eigenvalue weighted by atomic mass is 32.2. The van der Waals surface area contributed by atoms with E-state index >= 15 is 0 Å². The Bertz CT molecular complexity index is 476. The van der Waals surface area contributed by atoms with Gasteiger partial charge in [-0.1, -0.05) is 19.9 Å². The summed E-state index contributed by atoms with van der Waals surface area (Å²) in [6.45, 7) is 6.57. The summed E-state index contributed by atoms with van der Waals surface area (Å²) in [5.41, 5.74) is 8.27. The topological polar surface area (TPSA) is 53.0 Å². The molecule has 1 aromatic rings. The molecule has 18 heavy (non-hydrogen) atoms. The van der Waals surface area contributed by atoms with Crippen molar-refractivity contribution in [2.45, 2.75) is 25.0 Å². The van der Waals surface area contributed by atoms with E-state index in [9.17, 15) is 0 Å². The van der Waals surface area contributed by atoms with Crippen molar-refractivity contribution in [2.75, 3.05) is 29.5 Å². The standard InChI is InChI=1S/C14H19N3S/c1-14(2)6-7-17(8-9-18-14)12-5-3-4-11(10-15)13(12)16/h3-5H,6-9,16H2,1-2H3. The van der Waals surface area contributed by atoms with Gasteiger partial charge in [0.05, 0.1) is 16.9 Å². The Morgan fingerprint density at radius 1 is 1.39 bits per heavy atom. The van der Waals surface area contributed by atoms with E-state index in [-0.39, 0.29) is 0 Å². The molecule has 1 aliphatic heterocycles. The van der Waals surface area contributed by atoms with Gasteiger partial charge >= 0.3 is 0 Å². The van der Waals surface area contributed by atoms with Crippen LogP contribution in [0, 0.1) is 11.3 Å². The number of hydrogen-bond acceptors (Lipinski definition) is 4. The minimum atomic E-state index is 0.330. The minimum absolute atomic E-state index is 0.330. The lowest BCUT2D eigenvalue weighted by Crippen LogP contribution is -2.27. The summed E-state index contributed by atoms with van der Waals surface area (Å²) >= 11 is 2.01. The first-order chi connectivity index (χ1) is 8.53. The number of hydrogen-bond donors (Lipinski definition) is 1. The lowest BCUT2D eigenvalue weighted by atomic mass is 10.1. The average molecular weight is 261 g/mol. The Kier molecular flexibility index (Phi) is 3.72. The van der Waals surface area contributed by atoms with E-state index in [0.717, 1.165) is 31.0 Å². The molecule has 0 amide bonds. The third-order valence-electron chi connectivity index (χ3n) is 3.38. The number of para-hydroxylation sites is 1. The molecule has 4 heteroatoms. The molecule has 1 heterocycles. The first kappa shape index (κ1) is 13.1. The molecule has 0 aromatic heterocycles. The fourth-order valence-corrected chi connectivity index (χ4v) is 3.29. The molecule has 3 nitrogen and oxygen atoms in total. The van der Waals surface area contributed by atoms with Crippen molar-refractivity contribution in [3.8, 4) is 6.07 Å². The maximum Gasteiger partial charge on any atom is 0.101 e. The van der Waals surface area contributed by atoms with Gasteiger partial charge in [-0.3, -0.25) is 0 Å². The monoisotopic (exact) mass is 261 g/mol. The fraction of sp³-hybridized carbons (Fsp3) is 0.500. The molecular formula is C14H19N3S. The zero-order chi connectivity index (χ0) is 13.2. The normalized spacial score (nSPS) is 19.1. The summed E-state index contributed by atoms with van der Waals surface area (Å²) in [4.78, 5) is 2.30. The third kappa shape index (κ3) is 2.73. The second kappa shape index (κ2) is 5.11. The van der Waals surface area contributed by atoms with Crippen LogP contribution >= 0.6 is 11.8 Å². The SMILES string of the molecule is CC1(C)CCN(c2cccc(C#N)c2N)CCS1. The Hall–Kier alpha value is -1.34. The van der Waals surface area contributed by atoms with E-state index in [4.69, 9.17) is 11.0 Å². The van der Waals surface area contributed by atoms with Crippen LogP contribution in [0.3, 0.4) is 0 Å². The van der Waals surface area contributed by atoms with Gasteiger partial charge in [-0.2, -0.15) is 17.0 Å². The van der Waals surface area contributed by atoms with Crippen LogP contribution in [0.25, 0.3) is 0 Å². The van der Waals surface area contributed by atoms with Crippen LogP contribution in [0.15, 0.2) is 18.2 Å². The third-order valence-corrected chi connectivity index (χ3v) is 4.75. The van der Waals surface area contributed by atoms with Crippen LogP contribution in [-0.2, 0) is 0 Å². The first-order valence-corrected chi connectivity index (χ1v) is 7.19. The van der Waals surface area contributed by atoms with Crippen molar-refractivity contribution in [1.29, 1.82) is 5.26 Å². The molecule has 2 N–H and O–H groups in total. The van der Waals surface area contributed by atoms with Crippen LogP contribution in [0.4, 0.5) is 11.4 Å². The number of nitrogens with zero attached hydrogens (tertiary/aromatic N) is 2. The molecule has 1 aliphatic rings. The van der Waals surface area contributed by atoms with Crippen molar-refractivity contribution in [1.82, 2.24) is 0 Å². The maximum absolute atomic E-state index is 9.03. The van der Waals surface area contributed by atoms with Crippen molar-refractivity contribution >= 4 is 23.1 Å². The van der Waals surface area contributed by atoms with Gasteiger partial charge in [0.15, 0.2) is 0 Å². The van der Waals surface area contributed by atoms with Crippen LogP contribution in [0.1, 0.15) is 25.8 Å². The number of nitrogen functional groups attached to an aromatic ring is 1. The summed E-state index contributed by atoms with van der Waals surface area (Å²) in [5.74, 6) is 1.10. The van der Waals surface area contributed by atoms with Crippen LogP contribution in [-0.4, -0.2) is 23.6 Å². The largest absolute Gasteiger partial charge is 0.396 e. The molecular weight excluding hydrogens is 242 g/mol. The van der Waals surface area contributed by atoms with Gasteiger partial charge in [0, 0.05) is 23.6 Å². The van der Waals surface area contributed by atoms with Crippen LogP contribution in [0.5, 0.6) is 0 Å². The Morgan fingerprint density at radius 3 is 2.89 bits per heavy atom. The van der Waals surface area contributed by atoms with E-state index in [0.29, 0.717) is 16.0 Å². The molecule has 0 spiro atoms. The summed E-state index contributed by atoms with van der Waals surface area (Å²) < 4.78 is 0.330. The molecule has 0 aliphatic carbocycles. The summed E-state index contributed by atoms with van der Waals surface area (Å²) in [7, 11) is 0. The summed E-state index contributed by atoms with van der Waals surface area (Å²) in [5, 5.41) is 9.03. The van der Waals surface area contributed by atoms with Crippen molar-refractivity contribution in [2.24, 2.45) is 0 Å². The zero-order valence-corrected chi connectivity index (χ0v) is 11.8. The number of nitrogens with two attached hydrogens (primary N) is 1. The number of anilines is 2. The second-order valence-electron chi connectivity index (χ2n) is 5.20. The average Bonchev–Trinajstić information content (AvgIpc) is 2.51. The maximum atomic E-state index is 9.03. The van der Waals surface area contributed by atoms with Crippen LogP contribution in [0.2, 0.25) is 0 Å². The van der Waals surface area contributed by atoms with Gasteiger partial charge in [-0.05, 0) is 18.6 Å². The van der Waals surface area contributed by atoms with Gasteiger partial charge in [0.1, 0.15) is 6.07 Å². The number of nitriles is 1. The molecule has 1 aromatic carbocycles. The molecule has 0 saturated carbocycles. The molecule has 96 valence electrons. The molecule has 0 radical (unpaired) electrons. The van der Waals surface area contributed by atoms with Gasteiger partial charge in [0.25, 0.3) is 0 Å². The highest BCUT2D eigenvalue weighted by Crippen LogP contribution is 2.34. The fourth-order valence-electron chi connectivity index (χ4n) is 2.19. The Labute approximate surface area is 113 Å². The van der Waals surface area contributed by atoms with E-state index in [1.54, 1.807) is 6.07 Å². The number of rotatable bonds is 1. The highest BCUT2D eigenvalue weighted by molar-refractivity contribution is 8.00. The predicted molar refractivity (Wildman–Crippen MR) is 78.9 cm³/mol. The molecule has 2 rings (SSSR count). The second-order valence-corrected chi connectivity index (χ2v) is 7.00. The highest BCUT2D eigenvalue weighted by Gasteiger charge is 2.24. The van der Waals surface area contributed by atoms with E-state index < -0.39 is 0 Å². The zero-order valence-electron chi connectivity index (χ0n) is 10.9. The quantitative estimate of drug-likeness (QED) is 0.790. The Balaban J connectivity index is 2.25. The van der Waals surface area contributed by atoms with Crippen LogP contribution < -0.4 is 10.6 Å². The van der Waals surface area contributed by atoms with Crippen molar-refractivity contribution < 1.29 is 0 Å². The number of benzene rings is 1. The van der Waals surface area contributed by atoms with E-state index in [1.165, 1.54) is 0 Å². The molecule has 0 unspecified atom stereocenters. The van der Waals surface area contributed by atoms with E-state index in [1.807, 2.05) is 23.9 Å². The molecule has 1 fully saturated rings. The molecule has 1 saturated heterocycles.